The Balaban J connectivity index is 1.49. The summed E-state index contributed by atoms with van der Waals surface area (Å²) in [5.74, 6) is -1.95. The maximum absolute atomic E-state index is 12.0. The van der Waals surface area contributed by atoms with Gasteiger partial charge in [-0.05, 0) is 97.7 Å². The van der Waals surface area contributed by atoms with Gasteiger partial charge < -0.3 is 45.2 Å². The summed E-state index contributed by atoms with van der Waals surface area (Å²) >= 11 is 0. The molecule has 0 radical (unpaired) electrons. The quantitative estimate of drug-likeness (QED) is 0.214. The van der Waals surface area contributed by atoms with Crippen LogP contribution in [0.2, 0.25) is 0 Å². The van der Waals surface area contributed by atoms with Gasteiger partial charge in [-0.2, -0.15) is 0 Å². The van der Waals surface area contributed by atoms with E-state index in [4.69, 9.17) is 9.47 Å². The van der Waals surface area contributed by atoms with Crippen molar-refractivity contribution in [2.45, 2.75) is 128 Å². The zero-order valence-electron chi connectivity index (χ0n) is 24.2. The molecule has 0 spiro atoms. The number of hydrogen-bond acceptors (Lipinski definition) is 9. The Morgan fingerprint density at radius 3 is 2.17 bits per heavy atom. The van der Waals surface area contributed by atoms with Gasteiger partial charge in [-0.25, -0.2) is 4.79 Å². The van der Waals surface area contributed by atoms with Crippen molar-refractivity contribution in [2.75, 3.05) is 0 Å². The minimum atomic E-state index is -1.84. The Bertz CT molecular complexity index is 991. The van der Waals surface area contributed by atoms with Crippen LogP contribution in [0, 0.1) is 46.3 Å². The number of aliphatic hydroxyl groups excluding tert-OH is 5. The van der Waals surface area contributed by atoms with Crippen molar-refractivity contribution >= 4 is 11.9 Å². The lowest BCUT2D eigenvalue weighted by molar-refractivity contribution is -0.336. The molecule has 11 nitrogen and oxygen atoms in total. The molecule has 0 unspecified atom stereocenters. The first-order valence-electron chi connectivity index (χ1n) is 15.4. The normalized spacial score (nSPS) is 52.1. The fourth-order valence-corrected chi connectivity index (χ4v) is 10.2. The van der Waals surface area contributed by atoms with Crippen LogP contribution >= 0.6 is 0 Å². The molecule has 16 atom stereocenters. The molecule has 11 heteroatoms. The van der Waals surface area contributed by atoms with E-state index in [1.54, 1.807) is 0 Å². The van der Waals surface area contributed by atoms with Crippen LogP contribution in [0.3, 0.4) is 0 Å². The largest absolute Gasteiger partial charge is 0.481 e. The predicted octanol–water partition coefficient (Wildman–Crippen LogP) is 1.37. The Morgan fingerprint density at radius 2 is 1.51 bits per heavy atom. The second-order valence-electron chi connectivity index (χ2n) is 14.3. The molecule has 5 fully saturated rings. The van der Waals surface area contributed by atoms with E-state index in [0.717, 1.165) is 32.1 Å². The third-order valence-electron chi connectivity index (χ3n) is 12.4. The number of aliphatic hydroxyl groups is 5. The summed E-state index contributed by atoms with van der Waals surface area (Å²) in [6.07, 6.45) is -5.00. The molecule has 5 aliphatic rings. The molecule has 0 aromatic carbocycles. The van der Waals surface area contributed by atoms with Crippen molar-refractivity contribution in [3.05, 3.63) is 0 Å². The average molecular weight is 585 g/mol. The third-order valence-corrected chi connectivity index (χ3v) is 12.4. The number of carboxylic acid groups (broad SMARTS) is 2. The van der Waals surface area contributed by atoms with Gasteiger partial charge in [-0.1, -0.05) is 20.8 Å². The lowest BCUT2D eigenvalue weighted by atomic mass is 9.43. The van der Waals surface area contributed by atoms with Crippen LogP contribution in [-0.4, -0.2) is 96.7 Å². The average Bonchev–Trinajstić information content (AvgIpc) is 3.27. The standard InChI is InChI=1S/C30H48O11/c1-13(4-7-19(32)33)15-5-6-16-20-17(9-11-29(15,16)2)30(3)10-8-14(31)12-18(30)21(34)25(20)40-28-24(37)22(35)23(36)26(41-28)27(38)39/h13-18,20-26,28,31,34-37H,4-12H2,1-3H3,(H,32,33)(H,38,39)/t13-,14-,15-,16+,17+,18+,20+,21+,22+,23+,24-,25-,26+,28-,29-,30-/m1/s1. The first-order valence-corrected chi connectivity index (χ1v) is 15.4. The zero-order chi connectivity index (χ0) is 30.0. The van der Waals surface area contributed by atoms with Crippen LogP contribution in [0.5, 0.6) is 0 Å². The van der Waals surface area contributed by atoms with Gasteiger partial charge in [0.2, 0.25) is 0 Å². The maximum Gasteiger partial charge on any atom is 0.335 e. The van der Waals surface area contributed by atoms with Gasteiger partial charge in [0.15, 0.2) is 12.4 Å². The van der Waals surface area contributed by atoms with Crippen molar-refractivity contribution in [3.8, 4) is 0 Å². The number of carboxylic acids is 2. The van der Waals surface area contributed by atoms with E-state index in [1.807, 2.05) is 0 Å². The topological polar surface area (TPSA) is 194 Å². The van der Waals surface area contributed by atoms with Crippen molar-refractivity contribution in [2.24, 2.45) is 46.3 Å². The molecule has 4 aliphatic carbocycles. The van der Waals surface area contributed by atoms with E-state index in [2.05, 4.69) is 20.8 Å². The summed E-state index contributed by atoms with van der Waals surface area (Å²) < 4.78 is 11.9. The summed E-state index contributed by atoms with van der Waals surface area (Å²) in [7, 11) is 0. The minimum Gasteiger partial charge on any atom is -0.481 e. The molecule has 41 heavy (non-hydrogen) atoms. The minimum absolute atomic E-state index is 0.118. The van der Waals surface area contributed by atoms with Crippen molar-refractivity contribution in [1.29, 1.82) is 0 Å². The SMILES string of the molecule is C[C@H](CCC(=O)O)[C@H]1CC[C@H]2[C@@H]3[C@@H](O[C@@H]4O[C@H](C(=O)O)[C@@H](O)[C@H](O)[C@H]4O)[C@@H](O)[C@@H]4C[C@H](O)CC[C@]4(C)[C@H]3CC[C@]12C. The molecule has 5 rings (SSSR count). The fraction of sp³-hybridized carbons (Fsp3) is 0.933. The van der Waals surface area contributed by atoms with E-state index in [-0.39, 0.29) is 46.8 Å². The molecule has 1 aliphatic heterocycles. The molecule has 4 saturated carbocycles. The molecule has 0 bridgehead atoms. The van der Waals surface area contributed by atoms with E-state index in [9.17, 15) is 45.3 Å². The molecule has 0 amide bonds. The molecule has 1 heterocycles. The number of hydrogen-bond donors (Lipinski definition) is 7. The van der Waals surface area contributed by atoms with Gasteiger partial charge in [0.1, 0.15) is 18.3 Å². The van der Waals surface area contributed by atoms with Crippen LogP contribution in [0.25, 0.3) is 0 Å². The summed E-state index contributed by atoms with van der Waals surface area (Å²) in [5.41, 5.74) is -0.369. The fourth-order valence-electron chi connectivity index (χ4n) is 10.2. The maximum atomic E-state index is 12.0. The van der Waals surface area contributed by atoms with Gasteiger partial charge in [-0.15, -0.1) is 0 Å². The Kier molecular flexibility index (Phi) is 8.57. The summed E-state index contributed by atoms with van der Waals surface area (Å²) in [4.78, 5) is 23.1. The van der Waals surface area contributed by atoms with Gasteiger partial charge in [0.25, 0.3) is 0 Å². The third kappa shape index (κ3) is 5.13. The van der Waals surface area contributed by atoms with E-state index in [0.29, 0.717) is 25.2 Å². The Labute approximate surface area is 240 Å². The van der Waals surface area contributed by atoms with Crippen LogP contribution in [0.4, 0.5) is 0 Å². The zero-order valence-corrected chi connectivity index (χ0v) is 24.2. The predicted molar refractivity (Wildman–Crippen MR) is 143 cm³/mol. The van der Waals surface area contributed by atoms with Crippen molar-refractivity contribution in [3.63, 3.8) is 0 Å². The van der Waals surface area contributed by atoms with E-state index in [1.165, 1.54) is 0 Å². The molecule has 7 N–H and O–H groups in total. The van der Waals surface area contributed by atoms with Crippen LogP contribution in [0.15, 0.2) is 0 Å². The lowest BCUT2D eigenvalue weighted by Crippen LogP contribution is -2.67. The van der Waals surface area contributed by atoms with Gasteiger partial charge in [0, 0.05) is 6.42 Å². The Morgan fingerprint density at radius 1 is 0.854 bits per heavy atom. The molecular formula is C30H48O11. The highest BCUT2D eigenvalue weighted by molar-refractivity contribution is 5.73. The van der Waals surface area contributed by atoms with Crippen LogP contribution in [-0.2, 0) is 19.1 Å². The van der Waals surface area contributed by atoms with Crippen molar-refractivity contribution in [1.82, 2.24) is 0 Å². The van der Waals surface area contributed by atoms with E-state index >= 15 is 0 Å². The van der Waals surface area contributed by atoms with Gasteiger partial charge in [0.05, 0.1) is 18.3 Å². The highest BCUT2D eigenvalue weighted by atomic mass is 16.7. The number of aliphatic carboxylic acids is 2. The first kappa shape index (κ1) is 31.1. The molecule has 0 aromatic heterocycles. The van der Waals surface area contributed by atoms with E-state index < -0.39 is 61.0 Å². The Hall–Kier alpha value is -1.34. The number of carbonyl (C=O) groups is 2. The number of rotatable bonds is 7. The van der Waals surface area contributed by atoms with Crippen molar-refractivity contribution < 1.29 is 54.8 Å². The van der Waals surface area contributed by atoms with Crippen LogP contribution < -0.4 is 0 Å². The monoisotopic (exact) mass is 584 g/mol. The summed E-state index contributed by atoms with van der Waals surface area (Å²) in [5, 5.41) is 72.8. The summed E-state index contributed by atoms with van der Waals surface area (Å²) in [6, 6.07) is 0. The second-order valence-corrected chi connectivity index (χ2v) is 14.3. The number of fused-ring (bicyclic) bond motifs is 5. The molecule has 234 valence electrons. The number of ether oxygens (including phenoxy) is 2. The lowest BCUT2D eigenvalue weighted by Gasteiger charge is -2.64. The highest BCUT2D eigenvalue weighted by Crippen LogP contribution is 2.69. The first-order chi connectivity index (χ1) is 19.2. The molecular weight excluding hydrogens is 536 g/mol. The molecule has 0 aromatic rings. The van der Waals surface area contributed by atoms with Gasteiger partial charge >= 0.3 is 11.9 Å². The second kappa shape index (κ2) is 11.3. The van der Waals surface area contributed by atoms with Gasteiger partial charge in [-0.3, -0.25) is 4.79 Å². The summed E-state index contributed by atoms with van der Waals surface area (Å²) in [6.45, 7) is 6.61. The highest BCUT2D eigenvalue weighted by Gasteiger charge is 2.66. The molecule has 1 saturated heterocycles. The van der Waals surface area contributed by atoms with Crippen LogP contribution in [0.1, 0.15) is 78.6 Å². The smallest absolute Gasteiger partial charge is 0.335 e.